The van der Waals surface area contributed by atoms with E-state index in [0.29, 0.717) is 33.9 Å². The van der Waals surface area contributed by atoms with E-state index < -0.39 is 17.8 Å². The van der Waals surface area contributed by atoms with Crippen LogP contribution in [0.3, 0.4) is 0 Å². The van der Waals surface area contributed by atoms with E-state index in [-0.39, 0.29) is 18.1 Å². The standard InChI is InChI=1S/C24H18N2O7/c1-30-15-6-3-13-4-7-19(31-2)17(16(13)10-15)11-18-22(27)25-24(29)26(23(18)28)14-5-8-20-21(9-14)33-12-32-20/h3-11H,12H2,1-2H3,(H,25,27,29)/b18-11+. The summed E-state index contributed by atoms with van der Waals surface area (Å²) in [5.74, 6) is 0.388. The number of amides is 4. The van der Waals surface area contributed by atoms with Gasteiger partial charge in [0.25, 0.3) is 11.8 Å². The van der Waals surface area contributed by atoms with Crippen LogP contribution in [0.25, 0.3) is 16.8 Å². The van der Waals surface area contributed by atoms with Crippen LogP contribution in [0.15, 0.2) is 54.1 Å². The molecule has 9 nitrogen and oxygen atoms in total. The minimum atomic E-state index is -0.854. The summed E-state index contributed by atoms with van der Waals surface area (Å²) in [5, 5.41) is 3.80. The van der Waals surface area contributed by atoms with Crippen molar-refractivity contribution in [2.45, 2.75) is 0 Å². The molecule has 2 aliphatic heterocycles. The molecular formula is C24H18N2O7. The van der Waals surface area contributed by atoms with Crippen LogP contribution in [0.5, 0.6) is 23.0 Å². The van der Waals surface area contributed by atoms with Gasteiger partial charge >= 0.3 is 6.03 Å². The lowest BCUT2D eigenvalue weighted by molar-refractivity contribution is -0.122. The average Bonchev–Trinajstić information content (AvgIpc) is 3.29. The fraction of sp³-hybridized carbons (Fsp3) is 0.125. The molecule has 3 aromatic carbocycles. The lowest BCUT2D eigenvalue weighted by atomic mass is 9.99. The van der Waals surface area contributed by atoms with Gasteiger partial charge in [0.2, 0.25) is 6.79 Å². The molecule has 0 radical (unpaired) electrons. The van der Waals surface area contributed by atoms with Crippen molar-refractivity contribution in [2.24, 2.45) is 0 Å². The third-order valence-electron chi connectivity index (χ3n) is 5.45. The Hall–Kier alpha value is -4.53. The van der Waals surface area contributed by atoms with E-state index in [1.807, 2.05) is 18.2 Å². The molecule has 33 heavy (non-hydrogen) atoms. The van der Waals surface area contributed by atoms with E-state index in [0.717, 1.165) is 10.3 Å². The summed E-state index contributed by atoms with van der Waals surface area (Å²) in [6.45, 7) is 0.0485. The first-order valence-corrected chi connectivity index (χ1v) is 9.96. The Kier molecular flexibility index (Phi) is 4.86. The number of nitrogens with one attached hydrogen (secondary N) is 1. The van der Waals surface area contributed by atoms with Gasteiger partial charge in [0.05, 0.1) is 19.9 Å². The van der Waals surface area contributed by atoms with Crippen LogP contribution in [0.4, 0.5) is 10.5 Å². The van der Waals surface area contributed by atoms with Crippen molar-refractivity contribution in [3.05, 3.63) is 59.7 Å². The molecule has 1 N–H and O–H groups in total. The third-order valence-corrected chi connectivity index (χ3v) is 5.45. The minimum Gasteiger partial charge on any atom is -0.497 e. The SMILES string of the molecule is COc1ccc2ccc(OC)c(/C=C3\C(=O)NC(=O)N(c4ccc5c(c4)OCO5)C3=O)c2c1. The van der Waals surface area contributed by atoms with Crippen LogP contribution in [-0.4, -0.2) is 38.9 Å². The van der Waals surface area contributed by atoms with E-state index in [2.05, 4.69) is 5.32 Å². The molecule has 0 aliphatic carbocycles. The van der Waals surface area contributed by atoms with Crippen molar-refractivity contribution in [1.29, 1.82) is 0 Å². The number of barbiturate groups is 1. The Morgan fingerprint density at radius 1 is 0.939 bits per heavy atom. The van der Waals surface area contributed by atoms with Crippen LogP contribution in [0.2, 0.25) is 0 Å². The molecule has 9 heteroatoms. The lowest BCUT2D eigenvalue weighted by Crippen LogP contribution is -2.54. The Labute approximate surface area is 188 Å². The summed E-state index contributed by atoms with van der Waals surface area (Å²) >= 11 is 0. The maximum absolute atomic E-state index is 13.3. The first kappa shape index (κ1) is 20.4. The largest absolute Gasteiger partial charge is 0.497 e. The van der Waals surface area contributed by atoms with Crippen LogP contribution >= 0.6 is 0 Å². The predicted molar refractivity (Wildman–Crippen MR) is 119 cm³/mol. The molecule has 0 atom stereocenters. The van der Waals surface area contributed by atoms with Gasteiger partial charge in [-0.3, -0.25) is 14.9 Å². The summed E-state index contributed by atoms with van der Waals surface area (Å²) in [6, 6.07) is 12.9. The number of imide groups is 2. The molecule has 0 aromatic heterocycles. The predicted octanol–water partition coefficient (Wildman–Crippen LogP) is 3.25. The number of hydrogen-bond acceptors (Lipinski definition) is 7. The molecule has 4 amide bonds. The van der Waals surface area contributed by atoms with Crippen LogP contribution < -0.4 is 29.2 Å². The maximum atomic E-state index is 13.3. The monoisotopic (exact) mass is 446 g/mol. The molecule has 5 rings (SSSR count). The summed E-state index contributed by atoms with van der Waals surface area (Å²) < 4.78 is 21.4. The third kappa shape index (κ3) is 3.39. The summed E-state index contributed by atoms with van der Waals surface area (Å²) in [7, 11) is 3.04. The molecule has 0 bridgehead atoms. The van der Waals surface area contributed by atoms with Gasteiger partial charge in [-0.2, -0.15) is 0 Å². The topological polar surface area (TPSA) is 103 Å². The Balaban J connectivity index is 1.63. The van der Waals surface area contributed by atoms with Crippen molar-refractivity contribution >= 4 is 40.4 Å². The van der Waals surface area contributed by atoms with E-state index in [1.165, 1.54) is 19.3 Å². The van der Waals surface area contributed by atoms with Crippen LogP contribution in [0, 0.1) is 0 Å². The number of anilines is 1. The number of carbonyl (C=O) groups excluding carboxylic acids is 3. The van der Waals surface area contributed by atoms with Gasteiger partial charge in [-0.05, 0) is 47.2 Å². The maximum Gasteiger partial charge on any atom is 0.335 e. The smallest absolute Gasteiger partial charge is 0.335 e. The number of methoxy groups -OCH3 is 2. The van der Waals surface area contributed by atoms with Gasteiger partial charge < -0.3 is 18.9 Å². The number of fused-ring (bicyclic) bond motifs is 2. The molecule has 1 saturated heterocycles. The van der Waals surface area contributed by atoms with Crippen molar-refractivity contribution in [1.82, 2.24) is 5.32 Å². The molecule has 166 valence electrons. The Morgan fingerprint density at radius 3 is 2.52 bits per heavy atom. The fourth-order valence-electron chi connectivity index (χ4n) is 3.82. The van der Waals surface area contributed by atoms with Gasteiger partial charge in [-0.15, -0.1) is 0 Å². The van der Waals surface area contributed by atoms with Crippen molar-refractivity contribution in [3.8, 4) is 23.0 Å². The van der Waals surface area contributed by atoms with Gasteiger partial charge in [0.1, 0.15) is 17.1 Å². The Bertz CT molecular complexity index is 1360. The second-order valence-corrected chi connectivity index (χ2v) is 7.26. The summed E-state index contributed by atoms with van der Waals surface area (Å²) in [4.78, 5) is 39.5. The number of nitrogens with zero attached hydrogens (tertiary/aromatic N) is 1. The Morgan fingerprint density at radius 2 is 1.73 bits per heavy atom. The normalized spacial score (nSPS) is 16.4. The summed E-state index contributed by atoms with van der Waals surface area (Å²) in [5.41, 5.74) is 0.528. The van der Waals surface area contributed by atoms with Crippen molar-refractivity contribution < 1.29 is 33.3 Å². The number of ether oxygens (including phenoxy) is 4. The van der Waals surface area contributed by atoms with E-state index in [4.69, 9.17) is 18.9 Å². The fourth-order valence-corrected chi connectivity index (χ4v) is 3.82. The van der Waals surface area contributed by atoms with Crippen molar-refractivity contribution in [2.75, 3.05) is 25.9 Å². The number of urea groups is 1. The second kappa shape index (κ2) is 7.86. The van der Waals surface area contributed by atoms with Gasteiger partial charge in [0.15, 0.2) is 11.5 Å². The van der Waals surface area contributed by atoms with Gasteiger partial charge in [0, 0.05) is 11.6 Å². The zero-order valence-corrected chi connectivity index (χ0v) is 17.7. The number of carbonyl (C=O) groups is 3. The highest BCUT2D eigenvalue weighted by molar-refractivity contribution is 6.39. The quantitative estimate of drug-likeness (QED) is 0.485. The average molecular weight is 446 g/mol. The highest BCUT2D eigenvalue weighted by Gasteiger charge is 2.37. The number of hydrogen-bond donors (Lipinski definition) is 1. The van der Waals surface area contributed by atoms with Gasteiger partial charge in [-0.1, -0.05) is 12.1 Å². The second-order valence-electron chi connectivity index (χ2n) is 7.26. The van der Waals surface area contributed by atoms with Crippen molar-refractivity contribution in [3.63, 3.8) is 0 Å². The molecule has 2 heterocycles. The van der Waals surface area contributed by atoms with Crippen LogP contribution in [-0.2, 0) is 9.59 Å². The zero-order valence-electron chi connectivity index (χ0n) is 17.7. The lowest BCUT2D eigenvalue weighted by Gasteiger charge is -2.26. The molecule has 0 unspecified atom stereocenters. The highest BCUT2D eigenvalue weighted by atomic mass is 16.7. The zero-order chi connectivity index (χ0) is 23.1. The summed E-state index contributed by atoms with van der Waals surface area (Å²) in [6.07, 6.45) is 1.42. The van der Waals surface area contributed by atoms with E-state index >= 15 is 0 Å². The molecule has 0 saturated carbocycles. The minimum absolute atomic E-state index is 0.0485. The molecule has 0 spiro atoms. The first-order chi connectivity index (χ1) is 16.0. The molecule has 3 aromatic rings. The van der Waals surface area contributed by atoms with E-state index in [9.17, 15) is 14.4 Å². The molecule has 2 aliphatic rings. The first-order valence-electron chi connectivity index (χ1n) is 9.96. The number of benzene rings is 3. The van der Waals surface area contributed by atoms with Crippen LogP contribution in [0.1, 0.15) is 5.56 Å². The number of rotatable bonds is 4. The highest BCUT2D eigenvalue weighted by Crippen LogP contribution is 2.37. The molecular weight excluding hydrogens is 428 g/mol. The van der Waals surface area contributed by atoms with E-state index in [1.54, 1.807) is 31.4 Å². The molecule has 1 fully saturated rings. The van der Waals surface area contributed by atoms with Gasteiger partial charge in [-0.25, -0.2) is 9.69 Å².